The molecule has 2 aromatic rings. The third kappa shape index (κ3) is 9.81. The van der Waals surface area contributed by atoms with Crippen LogP contribution in [0.25, 0.3) is 0 Å². The van der Waals surface area contributed by atoms with Crippen molar-refractivity contribution < 1.29 is 19.5 Å². The van der Waals surface area contributed by atoms with Crippen molar-refractivity contribution in [3.63, 3.8) is 0 Å². The monoisotopic (exact) mass is 481 g/mol. The van der Waals surface area contributed by atoms with Gasteiger partial charge in [-0.25, -0.2) is 4.79 Å². The van der Waals surface area contributed by atoms with E-state index in [0.717, 1.165) is 43.4 Å². The third-order valence-electron chi connectivity index (χ3n) is 6.14. The van der Waals surface area contributed by atoms with Gasteiger partial charge >= 0.3 is 12.0 Å². The number of rotatable bonds is 14. The molecule has 0 bridgehead atoms. The van der Waals surface area contributed by atoms with Crippen LogP contribution in [0.3, 0.4) is 0 Å². The van der Waals surface area contributed by atoms with Gasteiger partial charge in [0.1, 0.15) is 0 Å². The molecular formula is C28H39N3O4. The number of carbonyl (C=O) groups is 3. The van der Waals surface area contributed by atoms with Crippen molar-refractivity contribution in [2.75, 3.05) is 18.4 Å². The number of unbranched alkanes of at least 4 members (excludes halogenated alkanes) is 1. The standard InChI is InChI=1S/C28H39N3O4/c1-4-7-8-22(6-3)19-31(28(35)30-25-15-11-21(5-2)12-16-25)20-23-9-13-24(14-10-23)27(34)29-18-17-26(32)33/h9-16,22H,4-8,17-20H2,1-3H3,(H,29,34)(H,30,35)(H,32,33). The second-order valence-electron chi connectivity index (χ2n) is 8.87. The normalized spacial score (nSPS) is 11.5. The molecule has 0 aliphatic rings. The Bertz CT molecular complexity index is 942. The first-order valence-electron chi connectivity index (χ1n) is 12.6. The Labute approximate surface area is 208 Å². The molecule has 2 rings (SSSR count). The molecule has 0 aromatic heterocycles. The van der Waals surface area contributed by atoms with E-state index in [4.69, 9.17) is 5.11 Å². The zero-order valence-electron chi connectivity index (χ0n) is 21.2. The van der Waals surface area contributed by atoms with Crippen molar-refractivity contribution in [1.29, 1.82) is 0 Å². The van der Waals surface area contributed by atoms with Crippen LogP contribution in [0.2, 0.25) is 0 Å². The fourth-order valence-corrected chi connectivity index (χ4v) is 3.84. The Morgan fingerprint density at radius 3 is 2.17 bits per heavy atom. The van der Waals surface area contributed by atoms with Crippen LogP contribution >= 0.6 is 0 Å². The van der Waals surface area contributed by atoms with Gasteiger partial charge in [-0.15, -0.1) is 0 Å². The van der Waals surface area contributed by atoms with Crippen molar-refractivity contribution in [1.82, 2.24) is 10.2 Å². The van der Waals surface area contributed by atoms with Gasteiger partial charge in [0.2, 0.25) is 0 Å². The quantitative estimate of drug-likeness (QED) is 0.322. The molecule has 1 atom stereocenters. The highest BCUT2D eigenvalue weighted by molar-refractivity contribution is 5.94. The first-order valence-corrected chi connectivity index (χ1v) is 12.6. The summed E-state index contributed by atoms with van der Waals surface area (Å²) in [5.41, 5.74) is 3.37. The summed E-state index contributed by atoms with van der Waals surface area (Å²) in [7, 11) is 0. The van der Waals surface area contributed by atoms with Crippen LogP contribution in [-0.4, -0.2) is 41.0 Å². The number of anilines is 1. The Morgan fingerprint density at radius 2 is 1.60 bits per heavy atom. The lowest BCUT2D eigenvalue weighted by Crippen LogP contribution is -2.38. The topological polar surface area (TPSA) is 98.7 Å². The maximum Gasteiger partial charge on any atom is 0.322 e. The molecule has 0 radical (unpaired) electrons. The summed E-state index contributed by atoms with van der Waals surface area (Å²) < 4.78 is 0. The number of amides is 3. The molecule has 2 aromatic carbocycles. The SMILES string of the molecule is CCCCC(CC)CN(Cc1ccc(C(=O)NCCC(=O)O)cc1)C(=O)Nc1ccc(CC)cc1. The van der Waals surface area contributed by atoms with E-state index >= 15 is 0 Å². The number of nitrogens with zero attached hydrogens (tertiary/aromatic N) is 1. The van der Waals surface area contributed by atoms with Gasteiger partial charge in [-0.2, -0.15) is 0 Å². The number of carboxylic acid groups (broad SMARTS) is 1. The second-order valence-corrected chi connectivity index (χ2v) is 8.87. The molecule has 0 saturated heterocycles. The molecule has 0 aliphatic heterocycles. The number of hydrogen-bond acceptors (Lipinski definition) is 3. The van der Waals surface area contributed by atoms with Crippen molar-refractivity contribution in [3.8, 4) is 0 Å². The molecule has 0 spiro atoms. The van der Waals surface area contributed by atoms with E-state index < -0.39 is 5.97 Å². The molecule has 0 aliphatic carbocycles. The van der Waals surface area contributed by atoms with E-state index in [1.165, 1.54) is 5.56 Å². The van der Waals surface area contributed by atoms with Crippen LogP contribution in [0.4, 0.5) is 10.5 Å². The predicted octanol–water partition coefficient (Wildman–Crippen LogP) is 5.70. The van der Waals surface area contributed by atoms with Gasteiger partial charge in [-0.05, 0) is 54.2 Å². The largest absolute Gasteiger partial charge is 0.481 e. The molecule has 0 heterocycles. The Balaban J connectivity index is 2.10. The van der Waals surface area contributed by atoms with Gasteiger partial charge in [-0.1, -0.05) is 64.3 Å². The van der Waals surface area contributed by atoms with E-state index in [-0.39, 0.29) is 24.9 Å². The van der Waals surface area contributed by atoms with Gasteiger partial charge in [0.05, 0.1) is 6.42 Å². The van der Waals surface area contributed by atoms with Crippen LogP contribution < -0.4 is 10.6 Å². The average Bonchev–Trinajstić information content (AvgIpc) is 2.86. The second kappa shape index (κ2) is 14.8. The maximum absolute atomic E-state index is 13.2. The highest BCUT2D eigenvalue weighted by atomic mass is 16.4. The molecule has 1 unspecified atom stereocenters. The Morgan fingerprint density at radius 1 is 0.943 bits per heavy atom. The van der Waals surface area contributed by atoms with Crippen LogP contribution in [0.5, 0.6) is 0 Å². The van der Waals surface area contributed by atoms with E-state index in [9.17, 15) is 14.4 Å². The molecule has 190 valence electrons. The molecule has 0 fully saturated rings. The van der Waals surface area contributed by atoms with E-state index in [0.29, 0.717) is 24.6 Å². The first-order chi connectivity index (χ1) is 16.9. The fourth-order valence-electron chi connectivity index (χ4n) is 3.84. The minimum atomic E-state index is -0.954. The average molecular weight is 482 g/mol. The lowest BCUT2D eigenvalue weighted by molar-refractivity contribution is -0.136. The maximum atomic E-state index is 13.2. The highest BCUT2D eigenvalue weighted by Gasteiger charge is 2.19. The van der Waals surface area contributed by atoms with Crippen molar-refractivity contribution in [2.45, 2.75) is 65.8 Å². The predicted molar refractivity (Wildman–Crippen MR) is 140 cm³/mol. The van der Waals surface area contributed by atoms with E-state index in [2.05, 4.69) is 31.4 Å². The Hall–Kier alpha value is -3.35. The van der Waals surface area contributed by atoms with Gasteiger partial charge in [0.25, 0.3) is 5.91 Å². The number of aryl methyl sites for hydroxylation is 1. The van der Waals surface area contributed by atoms with Crippen LogP contribution in [0, 0.1) is 5.92 Å². The van der Waals surface area contributed by atoms with Gasteiger partial charge in [0.15, 0.2) is 0 Å². The molecular weight excluding hydrogens is 442 g/mol. The summed E-state index contributed by atoms with van der Waals surface area (Å²) in [4.78, 5) is 37.9. The first kappa shape index (κ1) is 27.9. The lowest BCUT2D eigenvalue weighted by atomic mass is 9.98. The number of carboxylic acids is 1. The minimum Gasteiger partial charge on any atom is -0.481 e. The smallest absolute Gasteiger partial charge is 0.322 e. The third-order valence-corrected chi connectivity index (χ3v) is 6.14. The molecule has 0 saturated carbocycles. The van der Waals surface area contributed by atoms with Crippen LogP contribution in [-0.2, 0) is 17.8 Å². The number of benzene rings is 2. The summed E-state index contributed by atoms with van der Waals surface area (Å²) in [5.74, 6) is -0.847. The highest BCUT2D eigenvalue weighted by Crippen LogP contribution is 2.18. The number of hydrogen-bond donors (Lipinski definition) is 3. The Kier molecular flexibility index (Phi) is 11.8. The summed E-state index contributed by atoms with van der Waals surface area (Å²) in [6, 6.07) is 14.9. The summed E-state index contributed by atoms with van der Waals surface area (Å²) in [5, 5.41) is 14.4. The number of urea groups is 1. The van der Waals surface area contributed by atoms with E-state index in [1.54, 1.807) is 12.1 Å². The lowest BCUT2D eigenvalue weighted by Gasteiger charge is -2.28. The van der Waals surface area contributed by atoms with Crippen molar-refractivity contribution >= 4 is 23.6 Å². The van der Waals surface area contributed by atoms with Gasteiger partial charge in [0, 0.05) is 30.9 Å². The van der Waals surface area contributed by atoms with Crippen LogP contribution in [0.15, 0.2) is 48.5 Å². The zero-order valence-corrected chi connectivity index (χ0v) is 21.2. The zero-order chi connectivity index (χ0) is 25.6. The van der Waals surface area contributed by atoms with Gasteiger partial charge < -0.3 is 20.6 Å². The number of carbonyl (C=O) groups excluding carboxylic acids is 2. The van der Waals surface area contributed by atoms with Gasteiger partial charge in [-0.3, -0.25) is 9.59 Å². The summed E-state index contributed by atoms with van der Waals surface area (Å²) >= 11 is 0. The molecule has 7 nitrogen and oxygen atoms in total. The molecule has 7 heteroatoms. The fraction of sp³-hybridized carbons (Fsp3) is 0.464. The summed E-state index contributed by atoms with van der Waals surface area (Å²) in [6.45, 7) is 7.62. The molecule has 3 N–H and O–H groups in total. The number of nitrogens with one attached hydrogen (secondary N) is 2. The minimum absolute atomic E-state index is 0.0826. The van der Waals surface area contributed by atoms with Crippen LogP contribution in [0.1, 0.15) is 74.4 Å². The van der Waals surface area contributed by atoms with Crippen molar-refractivity contribution in [3.05, 3.63) is 65.2 Å². The van der Waals surface area contributed by atoms with Crippen molar-refractivity contribution in [2.24, 2.45) is 5.92 Å². The molecule has 3 amide bonds. The molecule has 35 heavy (non-hydrogen) atoms. The number of aliphatic carboxylic acids is 1. The van der Waals surface area contributed by atoms with E-state index in [1.807, 2.05) is 41.3 Å². The summed E-state index contributed by atoms with van der Waals surface area (Å²) in [6.07, 6.45) is 5.18.